The third kappa shape index (κ3) is 4.78. The minimum Gasteiger partial charge on any atom is -0.490 e. The number of pyridine rings is 1. The molecule has 3 rings (SSSR count). The normalized spacial score (nSPS) is 21.7. The molecule has 134 valence electrons. The van der Waals surface area contributed by atoms with Gasteiger partial charge in [0.2, 0.25) is 0 Å². The van der Waals surface area contributed by atoms with Gasteiger partial charge >= 0.3 is 0 Å². The average molecular weight is 342 g/mol. The molecule has 0 spiro atoms. The summed E-state index contributed by atoms with van der Waals surface area (Å²) >= 11 is 0. The number of para-hydroxylation sites is 1. The van der Waals surface area contributed by atoms with Crippen LogP contribution in [0.2, 0.25) is 0 Å². The Balaban J connectivity index is 1.66. The molecule has 25 heavy (non-hydrogen) atoms. The summed E-state index contributed by atoms with van der Waals surface area (Å²) in [6.45, 7) is 7.09. The van der Waals surface area contributed by atoms with Gasteiger partial charge in [0.15, 0.2) is 0 Å². The summed E-state index contributed by atoms with van der Waals surface area (Å²) in [5, 5.41) is 11.0. The third-order valence-electron chi connectivity index (χ3n) is 4.52. The highest BCUT2D eigenvalue weighted by Gasteiger charge is 2.34. The van der Waals surface area contributed by atoms with Gasteiger partial charge in [0.05, 0.1) is 18.9 Å². The molecule has 1 atom stereocenters. The zero-order valence-corrected chi connectivity index (χ0v) is 14.9. The largest absolute Gasteiger partial charge is 0.490 e. The van der Waals surface area contributed by atoms with Gasteiger partial charge in [-0.15, -0.1) is 0 Å². The highest BCUT2D eigenvalue weighted by molar-refractivity contribution is 5.31. The van der Waals surface area contributed by atoms with Gasteiger partial charge in [-0.25, -0.2) is 0 Å². The quantitative estimate of drug-likeness (QED) is 0.904. The van der Waals surface area contributed by atoms with Crippen molar-refractivity contribution in [2.75, 3.05) is 32.9 Å². The van der Waals surface area contributed by atoms with Crippen molar-refractivity contribution in [3.05, 3.63) is 59.4 Å². The fourth-order valence-electron chi connectivity index (χ4n) is 3.05. The van der Waals surface area contributed by atoms with E-state index in [9.17, 15) is 5.11 Å². The van der Waals surface area contributed by atoms with Crippen molar-refractivity contribution in [1.82, 2.24) is 9.88 Å². The molecule has 1 aliphatic rings. The van der Waals surface area contributed by atoms with Crippen LogP contribution in [-0.4, -0.2) is 53.5 Å². The molecule has 2 heterocycles. The number of β-amino-alcohol motifs (C(OH)–C–C–N with tert-alkyl or cyclic N) is 1. The van der Waals surface area contributed by atoms with E-state index in [4.69, 9.17) is 9.47 Å². The molecule has 1 N–H and O–H groups in total. The van der Waals surface area contributed by atoms with Crippen LogP contribution in [-0.2, 0) is 11.3 Å². The van der Waals surface area contributed by atoms with E-state index in [0.717, 1.165) is 29.1 Å². The molecule has 0 aliphatic carbocycles. The van der Waals surface area contributed by atoms with Gasteiger partial charge in [-0.3, -0.25) is 9.88 Å². The predicted molar refractivity (Wildman–Crippen MR) is 96.7 cm³/mol. The number of aromatic nitrogens is 1. The molecule has 1 aromatic heterocycles. The zero-order valence-electron chi connectivity index (χ0n) is 14.9. The summed E-state index contributed by atoms with van der Waals surface area (Å²) < 4.78 is 11.5. The molecule has 5 heteroatoms. The summed E-state index contributed by atoms with van der Waals surface area (Å²) in [4.78, 5) is 6.64. The first-order valence-electron chi connectivity index (χ1n) is 8.67. The number of hydrogen-bond acceptors (Lipinski definition) is 5. The summed E-state index contributed by atoms with van der Waals surface area (Å²) in [6, 6.07) is 11.8. The number of benzene rings is 1. The van der Waals surface area contributed by atoms with E-state index >= 15 is 0 Å². The van der Waals surface area contributed by atoms with Gasteiger partial charge in [-0.2, -0.15) is 0 Å². The summed E-state index contributed by atoms with van der Waals surface area (Å²) in [7, 11) is 0. The molecule has 0 radical (unpaired) electrons. The number of ether oxygens (including phenoxy) is 2. The van der Waals surface area contributed by atoms with Crippen LogP contribution in [0.1, 0.15) is 16.8 Å². The topological polar surface area (TPSA) is 54.8 Å². The maximum atomic E-state index is 11.0. The second kappa shape index (κ2) is 7.95. The molecule has 0 unspecified atom stereocenters. The fraction of sp³-hybridized carbons (Fsp3) is 0.450. The van der Waals surface area contributed by atoms with Crippen LogP contribution < -0.4 is 4.74 Å². The van der Waals surface area contributed by atoms with Crippen LogP contribution in [0.15, 0.2) is 42.6 Å². The number of rotatable bonds is 5. The third-order valence-corrected chi connectivity index (χ3v) is 4.52. The molecule has 1 aromatic carbocycles. The predicted octanol–water partition coefficient (Wildman–Crippen LogP) is 2.34. The first-order chi connectivity index (χ1) is 12.1. The molecule has 1 saturated heterocycles. The average Bonchev–Trinajstić information content (AvgIpc) is 2.78. The van der Waals surface area contributed by atoms with Crippen molar-refractivity contribution < 1.29 is 14.6 Å². The van der Waals surface area contributed by atoms with Gasteiger partial charge < -0.3 is 14.6 Å². The lowest BCUT2D eigenvalue weighted by Gasteiger charge is -2.30. The summed E-state index contributed by atoms with van der Waals surface area (Å²) in [5.74, 6) is 0.798. The van der Waals surface area contributed by atoms with Crippen molar-refractivity contribution in [2.24, 2.45) is 0 Å². The van der Waals surface area contributed by atoms with Crippen molar-refractivity contribution in [1.29, 1.82) is 0 Å². The van der Waals surface area contributed by atoms with E-state index in [1.54, 1.807) is 0 Å². The van der Waals surface area contributed by atoms with Crippen molar-refractivity contribution >= 4 is 0 Å². The minimum atomic E-state index is -1.04. The highest BCUT2D eigenvalue weighted by Crippen LogP contribution is 2.21. The standard InChI is InChI=1S/C20H26N2O3/c1-16-7-5-9-21-18(16)12-22-10-11-24-14-20(23,13-22)15-25-19-8-4-3-6-17(19)2/h3-9,23H,10-15H2,1-2H3/t20-/m1/s1. The number of nitrogens with zero attached hydrogens (tertiary/aromatic N) is 2. The van der Waals surface area contributed by atoms with Crippen molar-refractivity contribution in [3.8, 4) is 5.75 Å². The van der Waals surface area contributed by atoms with Crippen LogP contribution in [0.5, 0.6) is 5.75 Å². The Morgan fingerprint density at radius 3 is 2.80 bits per heavy atom. The Kier molecular flexibility index (Phi) is 5.68. The lowest BCUT2D eigenvalue weighted by molar-refractivity contribution is -0.0648. The maximum absolute atomic E-state index is 11.0. The molecular weight excluding hydrogens is 316 g/mol. The Bertz CT molecular complexity index is 707. The van der Waals surface area contributed by atoms with E-state index in [1.807, 2.05) is 43.5 Å². The molecule has 2 aromatic rings. The van der Waals surface area contributed by atoms with E-state index in [2.05, 4.69) is 22.9 Å². The minimum absolute atomic E-state index is 0.204. The first-order valence-corrected chi connectivity index (χ1v) is 8.67. The Morgan fingerprint density at radius 2 is 2.00 bits per heavy atom. The van der Waals surface area contributed by atoms with E-state index in [1.165, 1.54) is 0 Å². The molecule has 0 saturated carbocycles. The lowest BCUT2D eigenvalue weighted by atomic mass is 10.1. The van der Waals surface area contributed by atoms with Crippen LogP contribution in [0, 0.1) is 13.8 Å². The number of aliphatic hydroxyl groups is 1. The fourth-order valence-corrected chi connectivity index (χ4v) is 3.05. The number of hydrogen-bond donors (Lipinski definition) is 1. The first kappa shape index (κ1) is 17.9. The molecule has 1 fully saturated rings. The van der Waals surface area contributed by atoms with Crippen LogP contribution in [0.25, 0.3) is 0 Å². The van der Waals surface area contributed by atoms with Crippen molar-refractivity contribution in [3.63, 3.8) is 0 Å². The van der Waals surface area contributed by atoms with E-state index < -0.39 is 5.60 Å². The zero-order chi connectivity index (χ0) is 17.7. The monoisotopic (exact) mass is 342 g/mol. The smallest absolute Gasteiger partial charge is 0.134 e. The summed E-state index contributed by atoms with van der Waals surface area (Å²) in [5.41, 5.74) is 2.21. The molecule has 1 aliphatic heterocycles. The Hall–Kier alpha value is -1.95. The Morgan fingerprint density at radius 1 is 1.20 bits per heavy atom. The summed E-state index contributed by atoms with van der Waals surface area (Å²) in [6.07, 6.45) is 1.81. The lowest BCUT2D eigenvalue weighted by Crippen LogP contribution is -2.48. The van der Waals surface area contributed by atoms with Crippen LogP contribution >= 0.6 is 0 Å². The molecular formula is C20H26N2O3. The second-order valence-electron chi connectivity index (χ2n) is 6.81. The second-order valence-corrected chi connectivity index (χ2v) is 6.81. The van der Waals surface area contributed by atoms with Gasteiger partial charge in [-0.05, 0) is 37.1 Å². The van der Waals surface area contributed by atoms with Gasteiger partial charge in [0, 0.05) is 25.8 Å². The van der Waals surface area contributed by atoms with E-state index in [-0.39, 0.29) is 13.2 Å². The van der Waals surface area contributed by atoms with Gasteiger partial charge in [-0.1, -0.05) is 24.3 Å². The maximum Gasteiger partial charge on any atom is 0.134 e. The molecule has 0 amide bonds. The van der Waals surface area contributed by atoms with Gasteiger partial charge in [0.1, 0.15) is 18.0 Å². The van der Waals surface area contributed by atoms with Crippen LogP contribution in [0.3, 0.4) is 0 Å². The molecule has 0 bridgehead atoms. The van der Waals surface area contributed by atoms with E-state index in [0.29, 0.717) is 19.7 Å². The molecule has 5 nitrogen and oxygen atoms in total. The van der Waals surface area contributed by atoms with Crippen LogP contribution in [0.4, 0.5) is 0 Å². The Labute approximate surface area is 149 Å². The number of aryl methyl sites for hydroxylation is 2. The van der Waals surface area contributed by atoms with Crippen molar-refractivity contribution in [2.45, 2.75) is 26.0 Å². The highest BCUT2D eigenvalue weighted by atomic mass is 16.5. The van der Waals surface area contributed by atoms with Gasteiger partial charge in [0.25, 0.3) is 0 Å². The SMILES string of the molecule is Cc1ccccc1OC[C@]1(O)COCCN(Cc2ncccc2C)C1.